The third-order valence-electron chi connectivity index (χ3n) is 6.09. The number of halogens is 2. The molecule has 1 nitrogen and oxygen atoms in total. The van der Waals surface area contributed by atoms with E-state index in [0.717, 1.165) is 29.1 Å². The van der Waals surface area contributed by atoms with Crippen LogP contribution in [0.2, 0.25) is 0 Å². The van der Waals surface area contributed by atoms with E-state index < -0.39 is 0 Å². The molecule has 4 aliphatic rings. The Morgan fingerprint density at radius 1 is 1.14 bits per heavy atom. The van der Waals surface area contributed by atoms with Gasteiger partial charge in [-0.25, -0.2) is 4.39 Å². The van der Waals surface area contributed by atoms with E-state index in [0.29, 0.717) is 5.41 Å². The first-order valence-corrected chi connectivity index (χ1v) is 8.99. The monoisotopic (exact) mass is 352 g/mol. The van der Waals surface area contributed by atoms with E-state index in [1.807, 2.05) is 0 Å². The fraction of sp³-hybridized carbons (Fsp3) is 0.667. The molecule has 3 heteroatoms. The molecule has 1 aromatic rings. The van der Waals surface area contributed by atoms with Crippen LogP contribution in [0, 0.1) is 29.0 Å². The van der Waals surface area contributed by atoms with Gasteiger partial charge < -0.3 is 4.74 Å². The van der Waals surface area contributed by atoms with Crippen LogP contribution in [-0.4, -0.2) is 7.11 Å². The van der Waals surface area contributed by atoms with Crippen molar-refractivity contribution in [2.45, 2.75) is 43.4 Å². The number of hydrogen-bond donors (Lipinski definition) is 0. The van der Waals surface area contributed by atoms with Crippen molar-refractivity contribution >= 4 is 15.9 Å². The molecule has 0 spiro atoms. The summed E-state index contributed by atoms with van der Waals surface area (Å²) in [4.78, 5) is 0.212. The van der Waals surface area contributed by atoms with E-state index >= 15 is 0 Å². The highest BCUT2D eigenvalue weighted by atomic mass is 79.9. The Labute approximate surface area is 134 Å². The molecule has 4 bridgehead atoms. The van der Waals surface area contributed by atoms with Crippen molar-refractivity contribution in [3.63, 3.8) is 0 Å². The lowest BCUT2D eigenvalue weighted by molar-refractivity contribution is -0.0531. The number of rotatable bonds is 3. The minimum Gasteiger partial charge on any atom is -0.496 e. The number of ether oxygens (including phenoxy) is 1. The molecular formula is C18H22BrFO. The van der Waals surface area contributed by atoms with Crippen LogP contribution >= 0.6 is 15.9 Å². The first kappa shape index (κ1) is 14.0. The highest BCUT2D eigenvalue weighted by molar-refractivity contribution is 9.09. The molecule has 0 N–H and O–H groups in total. The summed E-state index contributed by atoms with van der Waals surface area (Å²) in [6, 6.07) is 4.91. The Kier molecular flexibility index (Phi) is 3.33. The highest BCUT2D eigenvalue weighted by Gasteiger charge is 2.54. The summed E-state index contributed by atoms with van der Waals surface area (Å²) in [5, 5.41) is 0. The van der Waals surface area contributed by atoms with Crippen LogP contribution in [0.5, 0.6) is 5.75 Å². The summed E-state index contributed by atoms with van der Waals surface area (Å²) in [6.45, 7) is 0. The Hall–Kier alpha value is -0.570. The molecule has 1 atom stereocenters. The lowest BCUT2D eigenvalue weighted by atomic mass is 9.48. The van der Waals surface area contributed by atoms with Crippen molar-refractivity contribution in [2.75, 3.05) is 7.11 Å². The number of methoxy groups -OCH3 is 1. The molecule has 1 aromatic carbocycles. The fourth-order valence-corrected chi connectivity index (χ4v) is 6.64. The minimum absolute atomic E-state index is 0.167. The molecular weight excluding hydrogens is 331 g/mol. The van der Waals surface area contributed by atoms with Crippen LogP contribution in [-0.2, 0) is 0 Å². The molecule has 21 heavy (non-hydrogen) atoms. The van der Waals surface area contributed by atoms with Crippen molar-refractivity contribution in [1.82, 2.24) is 0 Å². The number of hydrogen-bond acceptors (Lipinski definition) is 1. The van der Waals surface area contributed by atoms with Crippen LogP contribution in [0.4, 0.5) is 4.39 Å². The maximum absolute atomic E-state index is 13.7. The molecule has 1 unspecified atom stereocenters. The van der Waals surface area contributed by atoms with Gasteiger partial charge in [-0.1, -0.05) is 15.9 Å². The summed E-state index contributed by atoms with van der Waals surface area (Å²) in [7, 11) is 1.68. The Morgan fingerprint density at radius 2 is 1.71 bits per heavy atom. The van der Waals surface area contributed by atoms with Gasteiger partial charge in [-0.15, -0.1) is 0 Å². The molecule has 114 valence electrons. The molecule has 0 radical (unpaired) electrons. The average Bonchev–Trinajstić information content (AvgIpc) is 2.45. The second kappa shape index (κ2) is 4.97. The van der Waals surface area contributed by atoms with E-state index in [-0.39, 0.29) is 10.6 Å². The first-order chi connectivity index (χ1) is 10.1. The molecule has 0 aromatic heterocycles. The second-order valence-electron chi connectivity index (χ2n) is 7.53. The minimum atomic E-state index is -0.167. The molecule has 0 saturated heterocycles. The van der Waals surface area contributed by atoms with Crippen LogP contribution in [0.25, 0.3) is 0 Å². The van der Waals surface area contributed by atoms with Crippen molar-refractivity contribution in [3.05, 3.63) is 29.6 Å². The first-order valence-electron chi connectivity index (χ1n) is 8.07. The Bertz CT molecular complexity index is 521. The molecule has 0 amide bonds. The van der Waals surface area contributed by atoms with Crippen molar-refractivity contribution in [2.24, 2.45) is 23.2 Å². The van der Waals surface area contributed by atoms with E-state index in [1.165, 1.54) is 44.6 Å². The predicted molar refractivity (Wildman–Crippen MR) is 85.2 cm³/mol. The average molecular weight is 353 g/mol. The highest BCUT2D eigenvalue weighted by Crippen LogP contribution is 2.66. The SMILES string of the molecule is COc1ccc(F)cc1C(Br)C12CC3CC(CC(C3)C1)C2. The van der Waals surface area contributed by atoms with Crippen LogP contribution in [0.3, 0.4) is 0 Å². The zero-order valence-corrected chi connectivity index (χ0v) is 14.0. The summed E-state index contributed by atoms with van der Waals surface area (Å²) in [5.41, 5.74) is 1.31. The predicted octanol–water partition coefficient (Wildman–Crippen LogP) is 5.49. The summed E-state index contributed by atoms with van der Waals surface area (Å²) in [5.74, 6) is 3.34. The molecule has 0 aliphatic heterocycles. The quantitative estimate of drug-likeness (QED) is 0.653. The van der Waals surface area contributed by atoms with Gasteiger partial charge in [-0.2, -0.15) is 0 Å². The summed E-state index contributed by atoms with van der Waals surface area (Å²) < 4.78 is 19.2. The second-order valence-corrected chi connectivity index (χ2v) is 8.44. The largest absolute Gasteiger partial charge is 0.496 e. The smallest absolute Gasteiger partial charge is 0.123 e. The van der Waals surface area contributed by atoms with Gasteiger partial charge >= 0.3 is 0 Å². The lowest BCUT2D eigenvalue weighted by Crippen LogP contribution is -2.47. The molecule has 0 heterocycles. The van der Waals surface area contributed by atoms with Gasteiger partial charge in [0.15, 0.2) is 0 Å². The van der Waals surface area contributed by atoms with Gasteiger partial charge in [-0.3, -0.25) is 0 Å². The van der Waals surface area contributed by atoms with Gasteiger partial charge in [0.25, 0.3) is 0 Å². The number of benzene rings is 1. The third kappa shape index (κ3) is 2.23. The van der Waals surface area contributed by atoms with Crippen LogP contribution in [0.15, 0.2) is 18.2 Å². The normalized spacial score (nSPS) is 38.5. The Balaban J connectivity index is 1.71. The van der Waals surface area contributed by atoms with Gasteiger partial charge in [0.1, 0.15) is 11.6 Å². The van der Waals surface area contributed by atoms with Gasteiger partial charge in [0, 0.05) is 10.4 Å². The van der Waals surface area contributed by atoms with Crippen LogP contribution < -0.4 is 4.74 Å². The Morgan fingerprint density at radius 3 is 2.24 bits per heavy atom. The van der Waals surface area contributed by atoms with E-state index in [4.69, 9.17) is 4.74 Å². The standard InChI is InChI=1S/C18H22BrFO/c1-21-16-3-2-14(20)7-15(16)17(19)18-8-11-4-12(9-18)6-13(5-11)10-18/h2-3,7,11-13,17H,4-6,8-10H2,1H3. The number of alkyl halides is 1. The third-order valence-corrected chi connectivity index (χ3v) is 7.55. The lowest BCUT2D eigenvalue weighted by Gasteiger charge is -2.58. The zero-order valence-electron chi connectivity index (χ0n) is 12.4. The summed E-state index contributed by atoms with van der Waals surface area (Å²) >= 11 is 3.95. The van der Waals surface area contributed by atoms with E-state index in [1.54, 1.807) is 19.2 Å². The van der Waals surface area contributed by atoms with Crippen molar-refractivity contribution in [1.29, 1.82) is 0 Å². The van der Waals surface area contributed by atoms with Crippen molar-refractivity contribution < 1.29 is 9.13 Å². The van der Waals surface area contributed by atoms with Crippen molar-refractivity contribution in [3.8, 4) is 5.75 Å². The maximum atomic E-state index is 13.7. The molecule has 4 saturated carbocycles. The maximum Gasteiger partial charge on any atom is 0.123 e. The molecule has 4 fully saturated rings. The zero-order chi connectivity index (χ0) is 14.6. The fourth-order valence-electron chi connectivity index (χ4n) is 5.72. The van der Waals surface area contributed by atoms with E-state index in [9.17, 15) is 4.39 Å². The molecule has 4 aliphatic carbocycles. The molecule has 5 rings (SSSR count). The topological polar surface area (TPSA) is 9.23 Å². The van der Waals surface area contributed by atoms with Gasteiger partial charge in [0.2, 0.25) is 0 Å². The van der Waals surface area contributed by atoms with E-state index in [2.05, 4.69) is 15.9 Å². The summed E-state index contributed by atoms with van der Waals surface area (Å²) in [6.07, 6.45) is 8.19. The van der Waals surface area contributed by atoms with Crippen LogP contribution in [0.1, 0.15) is 48.9 Å². The van der Waals surface area contributed by atoms with Gasteiger partial charge in [0.05, 0.1) is 7.11 Å². The van der Waals surface area contributed by atoms with Gasteiger partial charge in [-0.05, 0) is 79.9 Å².